The third-order valence-electron chi connectivity index (χ3n) is 3.43. The second kappa shape index (κ2) is 5.46. The van der Waals surface area contributed by atoms with E-state index in [-0.39, 0.29) is 5.91 Å². The Bertz CT molecular complexity index is 302. The van der Waals surface area contributed by atoms with Crippen LogP contribution in [0.2, 0.25) is 0 Å². The Morgan fingerprint density at radius 3 is 2.59 bits per heavy atom. The Balaban J connectivity index is 1.88. The zero-order valence-corrected chi connectivity index (χ0v) is 9.89. The lowest BCUT2D eigenvalue weighted by atomic mass is 10.2. The number of piperazine rings is 1. The average Bonchev–Trinajstić information content (AvgIpc) is 2.79. The minimum absolute atomic E-state index is 0.0446. The Labute approximate surface area is 101 Å². The number of carboxylic acid groups (broad SMARTS) is 1. The number of carbonyl (C=O) groups is 2. The van der Waals surface area contributed by atoms with Crippen molar-refractivity contribution in [3.63, 3.8) is 0 Å². The molecule has 0 bridgehead atoms. The van der Waals surface area contributed by atoms with Gasteiger partial charge in [0, 0.05) is 32.7 Å². The summed E-state index contributed by atoms with van der Waals surface area (Å²) >= 11 is 0. The lowest BCUT2D eigenvalue weighted by Gasteiger charge is -2.29. The first-order valence-electron chi connectivity index (χ1n) is 6.14. The Hall–Kier alpha value is -1.14. The maximum absolute atomic E-state index is 12.0. The third-order valence-corrected chi connectivity index (χ3v) is 3.43. The highest BCUT2D eigenvalue weighted by Crippen LogP contribution is 2.17. The van der Waals surface area contributed by atoms with E-state index >= 15 is 0 Å². The van der Waals surface area contributed by atoms with Crippen molar-refractivity contribution < 1.29 is 14.7 Å². The molecule has 2 N–H and O–H groups in total. The molecule has 0 spiro atoms. The van der Waals surface area contributed by atoms with Crippen LogP contribution in [0.3, 0.4) is 0 Å². The fourth-order valence-electron chi connectivity index (χ4n) is 2.47. The molecule has 0 aromatic carbocycles. The van der Waals surface area contributed by atoms with E-state index in [4.69, 9.17) is 5.11 Å². The first-order chi connectivity index (χ1) is 8.18. The molecule has 2 aliphatic rings. The second-order valence-electron chi connectivity index (χ2n) is 4.61. The first-order valence-corrected chi connectivity index (χ1v) is 6.14. The molecule has 17 heavy (non-hydrogen) atoms. The average molecular weight is 241 g/mol. The summed E-state index contributed by atoms with van der Waals surface area (Å²) in [4.78, 5) is 26.6. The number of rotatable bonds is 3. The van der Waals surface area contributed by atoms with Crippen LogP contribution in [0.5, 0.6) is 0 Å². The fourth-order valence-corrected chi connectivity index (χ4v) is 2.47. The molecule has 2 saturated heterocycles. The van der Waals surface area contributed by atoms with E-state index in [0.717, 1.165) is 32.6 Å². The van der Waals surface area contributed by atoms with E-state index in [9.17, 15) is 9.59 Å². The molecule has 2 rings (SSSR count). The van der Waals surface area contributed by atoms with Crippen LogP contribution in [0.4, 0.5) is 0 Å². The molecule has 0 radical (unpaired) electrons. The van der Waals surface area contributed by atoms with Crippen molar-refractivity contribution in [2.45, 2.75) is 18.9 Å². The third kappa shape index (κ3) is 2.95. The smallest absolute Gasteiger partial charge is 0.326 e. The van der Waals surface area contributed by atoms with E-state index < -0.39 is 12.0 Å². The number of hydrogen-bond acceptors (Lipinski definition) is 4. The highest BCUT2D eigenvalue weighted by Gasteiger charge is 2.34. The number of amides is 1. The van der Waals surface area contributed by atoms with Gasteiger partial charge in [-0.15, -0.1) is 0 Å². The summed E-state index contributed by atoms with van der Waals surface area (Å²) in [6.07, 6.45) is 1.38. The summed E-state index contributed by atoms with van der Waals surface area (Å²) < 4.78 is 0. The molecule has 0 aromatic heterocycles. The Morgan fingerprint density at radius 1 is 1.24 bits per heavy atom. The van der Waals surface area contributed by atoms with Crippen molar-refractivity contribution in [3.05, 3.63) is 0 Å². The predicted octanol–water partition coefficient (Wildman–Crippen LogP) is -1.03. The van der Waals surface area contributed by atoms with Gasteiger partial charge >= 0.3 is 5.97 Å². The first kappa shape index (κ1) is 12.3. The molecule has 6 heteroatoms. The number of nitrogens with one attached hydrogen (secondary N) is 1. The molecule has 0 saturated carbocycles. The van der Waals surface area contributed by atoms with Gasteiger partial charge in [-0.05, 0) is 12.8 Å². The Kier molecular flexibility index (Phi) is 3.96. The number of nitrogens with zero attached hydrogens (tertiary/aromatic N) is 2. The molecule has 0 aliphatic carbocycles. The summed E-state index contributed by atoms with van der Waals surface area (Å²) in [6, 6.07) is -0.606. The minimum Gasteiger partial charge on any atom is -0.480 e. The molecule has 2 fully saturated rings. The zero-order valence-electron chi connectivity index (χ0n) is 9.89. The normalized spacial score (nSPS) is 26.1. The molecule has 1 atom stereocenters. The van der Waals surface area contributed by atoms with E-state index in [2.05, 4.69) is 10.2 Å². The summed E-state index contributed by atoms with van der Waals surface area (Å²) in [5.74, 6) is -0.923. The Morgan fingerprint density at radius 2 is 1.94 bits per heavy atom. The summed E-state index contributed by atoms with van der Waals surface area (Å²) in [6.45, 7) is 4.45. The molecule has 0 unspecified atom stereocenters. The molecule has 1 amide bonds. The van der Waals surface area contributed by atoms with Crippen LogP contribution in [0, 0.1) is 0 Å². The highest BCUT2D eigenvalue weighted by atomic mass is 16.4. The van der Waals surface area contributed by atoms with Crippen LogP contribution in [0.1, 0.15) is 12.8 Å². The van der Waals surface area contributed by atoms with Gasteiger partial charge in [0.1, 0.15) is 6.04 Å². The van der Waals surface area contributed by atoms with Crippen LogP contribution in [0.15, 0.2) is 0 Å². The largest absolute Gasteiger partial charge is 0.480 e. The van der Waals surface area contributed by atoms with E-state index in [0.29, 0.717) is 19.5 Å². The summed E-state index contributed by atoms with van der Waals surface area (Å²) in [7, 11) is 0. The molecule has 0 aromatic rings. The lowest BCUT2D eigenvalue weighted by molar-refractivity contribution is -0.148. The van der Waals surface area contributed by atoms with Crippen LogP contribution in [-0.4, -0.2) is 72.1 Å². The van der Waals surface area contributed by atoms with Crippen LogP contribution < -0.4 is 5.32 Å². The van der Waals surface area contributed by atoms with E-state index in [1.165, 1.54) is 4.90 Å². The van der Waals surface area contributed by atoms with Gasteiger partial charge in [0.05, 0.1) is 6.54 Å². The quantitative estimate of drug-likeness (QED) is 0.661. The molecule has 2 aliphatic heterocycles. The molecule has 6 nitrogen and oxygen atoms in total. The molecular weight excluding hydrogens is 222 g/mol. The van der Waals surface area contributed by atoms with Gasteiger partial charge in [0.25, 0.3) is 0 Å². The monoisotopic (exact) mass is 241 g/mol. The standard InChI is InChI=1S/C11H19N3O3/c15-10(8-13-6-3-12-4-7-13)14-5-1-2-9(14)11(16)17/h9,12H,1-8H2,(H,16,17)/t9-/m0/s1. The van der Waals surface area contributed by atoms with Crippen molar-refractivity contribution in [3.8, 4) is 0 Å². The summed E-state index contributed by atoms with van der Waals surface area (Å²) in [5, 5.41) is 12.2. The topological polar surface area (TPSA) is 72.9 Å². The number of hydrogen-bond donors (Lipinski definition) is 2. The van der Waals surface area contributed by atoms with Gasteiger partial charge in [0.15, 0.2) is 0 Å². The van der Waals surface area contributed by atoms with Gasteiger partial charge in [-0.25, -0.2) is 4.79 Å². The second-order valence-corrected chi connectivity index (χ2v) is 4.61. The minimum atomic E-state index is -0.879. The number of aliphatic carboxylic acids is 1. The predicted molar refractivity (Wildman–Crippen MR) is 61.7 cm³/mol. The zero-order chi connectivity index (χ0) is 12.3. The number of carbonyl (C=O) groups excluding carboxylic acids is 1. The fraction of sp³-hybridized carbons (Fsp3) is 0.818. The van der Waals surface area contributed by atoms with Gasteiger partial charge in [0.2, 0.25) is 5.91 Å². The van der Waals surface area contributed by atoms with Gasteiger partial charge < -0.3 is 15.3 Å². The van der Waals surface area contributed by atoms with Gasteiger partial charge in [-0.2, -0.15) is 0 Å². The summed E-state index contributed by atoms with van der Waals surface area (Å²) in [5.41, 5.74) is 0. The van der Waals surface area contributed by atoms with Gasteiger partial charge in [-0.3, -0.25) is 9.69 Å². The molecular formula is C11H19N3O3. The van der Waals surface area contributed by atoms with E-state index in [1.807, 2.05) is 0 Å². The SMILES string of the molecule is O=C(O)[C@@H]1CCCN1C(=O)CN1CCNCC1. The van der Waals surface area contributed by atoms with Crippen LogP contribution in [0.25, 0.3) is 0 Å². The lowest BCUT2D eigenvalue weighted by Crippen LogP contribution is -2.50. The number of likely N-dealkylation sites (tertiary alicyclic amines) is 1. The van der Waals surface area contributed by atoms with Crippen molar-refractivity contribution in [1.29, 1.82) is 0 Å². The highest BCUT2D eigenvalue weighted by molar-refractivity contribution is 5.85. The van der Waals surface area contributed by atoms with Crippen molar-refractivity contribution in [2.75, 3.05) is 39.3 Å². The molecule has 96 valence electrons. The van der Waals surface area contributed by atoms with Crippen molar-refractivity contribution >= 4 is 11.9 Å². The van der Waals surface area contributed by atoms with Crippen molar-refractivity contribution in [1.82, 2.24) is 15.1 Å². The molecule has 2 heterocycles. The van der Waals surface area contributed by atoms with Crippen LogP contribution >= 0.6 is 0 Å². The van der Waals surface area contributed by atoms with Gasteiger partial charge in [-0.1, -0.05) is 0 Å². The maximum Gasteiger partial charge on any atom is 0.326 e. The maximum atomic E-state index is 12.0. The number of carboxylic acids is 1. The van der Waals surface area contributed by atoms with Crippen LogP contribution in [-0.2, 0) is 9.59 Å². The van der Waals surface area contributed by atoms with Crippen molar-refractivity contribution in [2.24, 2.45) is 0 Å². The van der Waals surface area contributed by atoms with E-state index in [1.54, 1.807) is 0 Å².